The van der Waals surface area contributed by atoms with E-state index in [1.54, 1.807) is 6.07 Å². The summed E-state index contributed by atoms with van der Waals surface area (Å²) < 4.78 is 13.7. The van der Waals surface area contributed by atoms with Crippen molar-refractivity contribution in [3.8, 4) is 11.1 Å². The first-order chi connectivity index (χ1) is 7.72. The van der Waals surface area contributed by atoms with Crippen molar-refractivity contribution in [1.29, 1.82) is 0 Å². The number of halogens is 1. The number of aryl methyl sites for hydroxylation is 1. The molecule has 2 heteroatoms. The molecule has 16 heavy (non-hydrogen) atoms. The molecular formula is C14H11FO. The molecule has 0 heterocycles. The maximum atomic E-state index is 13.7. The summed E-state index contributed by atoms with van der Waals surface area (Å²) in [7, 11) is 0. The second kappa shape index (κ2) is 4.27. The number of aldehydes is 1. The van der Waals surface area contributed by atoms with Crippen molar-refractivity contribution in [2.45, 2.75) is 6.92 Å². The largest absolute Gasteiger partial charge is 0.298 e. The Balaban J connectivity index is 2.63. The number of hydrogen-bond donors (Lipinski definition) is 0. The molecule has 0 atom stereocenters. The van der Waals surface area contributed by atoms with Gasteiger partial charge in [-0.1, -0.05) is 24.3 Å². The molecule has 2 rings (SSSR count). The fraction of sp³-hybridized carbons (Fsp3) is 0.0714. The lowest BCUT2D eigenvalue weighted by atomic mass is 9.99. The molecule has 0 unspecified atom stereocenters. The Labute approximate surface area is 93.5 Å². The Kier molecular flexibility index (Phi) is 2.82. The normalized spacial score (nSPS) is 10.1. The zero-order valence-electron chi connectivity index (χ0n) is 8.91. The molecular weight excluding hydrogens is 203 g/mol. The highest BCUT2D eigenvalue weighted by atomic mass is 19.1. The van der Waals surface area contributed by atoms with Crippen LogP contribution in [0.2, 0.25) is 0 Å². The Morgan fingerprint density at radius 1 is 1.06 bits per heavy atom. The lowest BCUT2D eigenvalue weighted by Crippen LogP contribution is -1.90. The molecule has 0 saturated carbocycles. The molecule has 0 saturated heterocycles. The fourth-order valence-electron chi connectivity index (χ4n) is 1.70. The van der Waals surface area contributed by atoms with Crippen LogP contribution in [0.25, 0.3) is 11.1 Å². The van der Waals surface area contributed by atoms with E-state index in [-0.39, 0.29) is 5.82 Å². The highest BCUT2D eigenvalue weighted by molar-refractivity contribution is 5.79. The van der Waals surface area contributed by atoms with Crippen molar-refractivity contribution in [3.05, 3.63) is 59.4 Å². The molecule has 1 nitrogen and oxygen atoms in total. The molecule has 0 aliphatic rings. The van der Waals surface area contributed by atoms with Crippen LogP contribution in [-0.4, -0.2) is 6.29 Å². The molecule has 2 aromatic carbocycles. The summed E-state index contributed by atoms with van der Waals surface area (Å²) in [6, 6.07) is 11.9. The van der Waals surface area contributed by atoms with Crippen LogP contribution in [0.5, 0.6) is 0 Å². The van der Waals surface area contributed by atoms with Crippen molar-refractivity contribution in [1.82, 2.24) is 0 Å². The third kappa shape index (κ3) is 1.87. The molecule has 80 valence electrons. The Hall–Kier alpha value is -1.96. The third-order valence-electron chi connectivity index (χ3n) is 2.56. The van der Waals surface area contributed by atoms with E-state index >= 15 is 0 Å². The van der Waals surface area contributed by atoms with Crippen LogP contribution in [0.3, 0.4) is 0 Å². The maximum absolute atomic E-state index is 13.7. The second-order valence-corrected chi connectivity index (χ2v) is 3.67. The zero-order chi connectivity index (χ0) is 11.5. The second-order valence-electron chi connectivity index (χ2n) is 3.67. The van der Waals surface area contributed by atoms with Gasteiger partial charge in [-0.25, -0.2) is 4.39 Å². The first-order valence-corrected chi connectivity index (χ1v) is 5.03. The van der Waals surface area contributed by atoms with Crippen LogP contribution in [0.1, 0.15) is 15.9 Å². The summed E-state index contributed by atoms with van der Waals surface area (Å²) in [5.41, 5.74) is 2.77. The summed E-state index contributed by atoms with van der Waals surface area (Å²) in [5.74, 6) is -0.306. The van der Waals surface area contributed by atoms with E-state index in [4.69, 9.17) is 0 Å². The highest BCUT2D eigenvalue weighted by Gasteiger charge is 2.07. The van der Waals surface area contributed by atoms with Crippen molar-refractivity contribution in [2.75, 3.05) is 0 Å². The fourth-order valence-corrected chi connectivity index (χ4v) is 1.70. The lowest BCUT2D eigenvalue weighted by molar-refractivity contribution is 0.112. The minimum Gasteiger partial charge on any atom is -0.298 e. The topological polar surface area (TPSA) is 17.1 Å². The maximum Gasteiger partial charge on any atom is 0.150 e. The van der Waals surface area contributed by atoms with Gasteiger partial charge in [0.1, 0.15) is 12.1 Å². The van der Waals surface area contributed by atoms with E-state index in [1.165, 1.54) is 12.1 Å². The molecule has 0 aromatic heterocycles. The minimum atomic E-state index is -0.306. The number of rotatable bonds is 2. The number of carbonyl (C=O) groups excluding carboxylic acids is 1. The van der Waals surface area contributed by atoms with Gasteiger partial charge in [-0.3, -0.25) is 4.79 Å². The zero-order valence-corrected chi connectivity index (χ0v) is 8.91. The van der Waals surface area contributed by atoms with E-state index < -0.39 is 0 Å². The SMILES string of the molecule is Cc1ccccc1-c1cc(C=O)ccc1F. The molecule has 2 aromatic rings. The van der Waals surface area contributed by atoms with E-state index in [0.717, 1.165) is 17.4 Å². The van der Waals surface area contributed by atoms with Crippen LogP contribution in [-0.2, 0) is 0 Å². The Morgan fingerprint density at radius 2 is 1.81 bits per heavy atom. The van der Waals surface area contributed by atoms with Gasteiger partial charge in [-0.2, -0.15) is 0 Å². The molecule has 0 fully saturated rings. The summed E-state index contributed by atoms with van der Waals surface area (Å²) in [6.07, 6.45) is 0.723. The first kappa shape index (κ1) is 10.6. The van der Waals surface area contributed by atoms with Gasteiger partial charge in [0.05, 0.1) is 0 Å². The molecule has 0 bridgehead atoms. The van der Waals surface area contributed by atoms with Crippen LogP contribution >= 0.6 is 0 Å². The number of benzene rings is 2. The average Bonchev–Trinajstić information content (AvgIpc) is 2.31. The lowest BCUT2D eigenvalue weighted by Gasteiger charge is -2.07. The van der Waals surface area contributed by atoms with E-state index in [1.807, 2.05) is 31.2 Å². The predicted molar refractivity (Wildman–Crippen MR) is 62.0 cm³/mol. The third-order valence-corrected chi connectivity index (χ3v) is 2.56. The molecule has 0 aliphatic carbocycles. The molecule has 0 radical (unpaired) electrons. The number of hydrogen-bond acceptors (Lipinski definition) is 1. The van der Waals surface area contributed by atoms with Crippen molar-refractivity contribution in [3.63, 3.8) is 0 Å². The predicted octanol–water partition coefficient (Wildman–Crippen LogP) is 3.61. The van der Waals surface area contributed by atoms with Gasteiger partial charge in [0.25, 0.3) is 0 Å². The van der Waals surface area contributed by atoms with Crippen molar-refractivity contribution < 1.29 is 9.18 Å². The van der Waals surface area contributed by atoms with E-state index in [0.29, 0.717) is 11.1 Å². The van der Waals surface area contributed by atoms with Crippen molar-refractivity contribution in [2.24, 2.45) is 0 Å². The molecule has 0 amide bonds. The Morgan fingerprint density at radius 3 is 2.50 bits per heavy atom. The van der Waals surface area contributed by atoms with Gasteiger partial charge in [0, 0.05) is 11.1 Å². The summed E-state index contributed by atoms with van der Waals surface area (Å²) in [5, 5.41) is 0. The van der Waals surface area contributed by atoms with Gasteiger partial charge >= 0.3 is 0 Å². The quantitative estimate of drug-likeness (QED) is 0.698. The summed E-state index contributed by atoms with van der Waals surface area (Å²) in [4.78, 5) is 10.7. The van der Waals surface area contributed by atoms with Gasteiger partial charge in [-0.15, -0.1) is 0 Å². The monoisotopic (exact) mass is 214 g/mol. The van der Waals surface area contributed by atoms with Crippen molar-refractivity contribution >= 4 is 6.29 Å². The Bertz CT molecular complexity index is 532. The van der Waals surface area contributed by atoms with Gasteiger partial charge in [0.15, 0.2) is 0 Å². The van der Waals surface area contributed by atoms with Gasteiger partial charge < -0.3 is 0 Å². The van der Waals surface area contributed by atoms with Crippen LogP contribution in [0.15, 0.2) is 42.5 Å². The van der Waals surface area contributed by atoms with Gasteiger partial charge in [0.2, 0.25) is 0 Å². The smallest absolute Gasteiger partial charge is 0.150 e. The summed E-state index contributed by atoms with van der Waals surface area (Å²) >= 11 is 0. The van der Waals surface area contributed by atoms with E-state index in [9.17, 15) is 9.18 Å². The van der Waals surface area contributed by atoms with Crippen LogP contribution < -0.4 is 0 Å². The summed E-state index contributed by atoms with van der Waals surface area (Å²) in [6.45, 7) is 1.92. The average molecular weight is 214 g/mol. The van der Waals surface area contributed by atoms with E-state index in [2.05, 4.69) is 0 Å². The highest BCUT2D eigenvalue weighted by Crippen LogP contribution is 2.26. The van der Waals surface area contributed by atoms with Crippen LogP contribution in [0.4, 0.5) is 4.39 Å². The van der Waals surface area contributed by atoms with Gasteiger partial charge in [-0.05, 0) is 36.2 Å². The standard InChI is InChI=1S/C14H11FO/c1-10-4-2-3-5-12(10)13-8-11(9-16)6-7-14(13)15/h2-9H,1H3. The molecule has 0 spiro atoms. The minimum absolute atomic E-state index is 0.306. The molecule has 0 N–H and O–H groups in total. The van der Waals surface area contributed by atoms with Crippen LogP contribution in [0, 0.1) is 12.7 Å². The molecule has 0 aliphatic heterocycles. The number of carbonyl (C=O) groups is 1. The first-order valence-electron chi connectivity index (χ1n) is 5.03.